The van der Waals surface area contributed by atoms with Gasteiger partial charge >= 0.3 is 13.1 Å². The second kappa shape index (κ2) is 7.00. The summed E-state index contributed by atoms with van der Waals surface area (Å²) in [7, 11) is -0.425. The highest BCUT2D eigenvalue weighted by Gasteiger charge is 2.51. The molecular formula is C18H29BN2O3. The Morgan fingerprint density at radius 2 is 1.62 bits per heavy atom. The molecule has 0 spiro atoms. The Hall–Kier alpha value is -1.14. The van der Waals surface area contributed by atoms with Gasteiger partial charge in [0.2, 0.25) is 0 Å². The molecule has 0 bridgehead atoms. The molecule has 0 atom stereocenters. The van der Waals surface area contributed by atoms with Crippen molar-refractivity contribution in [1.82, 2.24) is 9.97 Å². The van der Waals surface area contributed by atoms with Gasteiger partial charge in [0.1, 0.15) is 0 Å². The maximum absolute atomic E-state index is 6.01. The lowest BCUT2D eigenvalue weighted by Crippen LogP contribution is -2.41. The average molecular weight is 332 g/mol. The highest BCUT2D eigenvalue weighted by molar-refractivity contribution is 6.61. The molecular weight excluding hydrogens is 303 g/mol. The van der Waals surface area contributed by atoms with E-state index in [1.54, 1.807) is 12.4 Å². The van der Waals surface area contributed by atoms with Crippen molar-refractivity contribution < 1.29 is 14.0 Å². The van der Waals surface area contributed by atoms with Gasteiger partial charge in [0.05, 0.1) is 17.8 Å². The van der Waals surface area contributed by atoms with Crippen LogP contribution < -0.4 is 10.2 Å². The van der Waals surface area contributed by atoms with Gasteiger partial charge in [-0.1, -0.05) is 32.1 Å². The number of ether oxygens (including phenoxy) is 1. The van der Waals surface area contributed by atoms with Gasteiger partial charge in [0.15, 0.2) is 0 Å². The highest BCUT2D eigenvalue weighted by Crippen LogP contribution is 2.36. The van der Waals surface area contributed by atoms with Crippen molar-refractivity contribution in [2.45, 2.75) is 77.4 Å². The van der Waals surface area contributed by atoms with E-state index in [2.05, 4.69) is 9.97 Å². The van der Waals surface area contributed by atoms with Crippen LogP contribution in [0.3, 0.4) is 0 Å². The normalized spacial score (nSPS) is 23.4. The molecule has 2 fully saturated rings. The monoisotopic (exact) mass is 332 g/mol. The third-order valence-corrected chi connectivity index (χ3v) is 5.66. The molecule has 2 aliphatic rings. The number of hydrogen-bond acceptors (Lipinski definition) is 5. The first-order valence-electron chi connectivity index (χ1n) is 9.18. The quantitative estimate of drug-likeness (QED) is 0.776. The van der Waals surface area contributed by atoms with Crippen LogP contribution in [0.2, 0.25) is 0 Å². The topological polar surface area (TPSA) is 53.5 Å². The zero-order chi connectivity index (χ0) is 17.2. The maximum atomic E-state index is 6.01. The van der Waals surface area contributed by atoms with Gasteiger partial charge < -0.3 is 14.0 Å². The molecule has 1 aliphatic carbocycles. The van der Waals surface area contributed by atoms with Crippen LogP contribution in [0.25, 0.3) is 0 Å². The van der Waals surface area contributed by atoms with Crippen molar-refractivity contribution in [3.05, 3.63) is 12.4 Å². The molecule has 2 heterocycles. The lowest BCUT2D eigenvalue weighted by atomic mass is 9.81. The zero-order valence-corrected chi connectivity index (χ0v) is 15.4. The molecule has 0 aromatic carbocycles. The predicted octanol–water partition coefficient (Wildman–Crippen LogP) is 3.13. The lowest BCUT2D eigenvalue weighted by molar-refractivity contribution is 0.00578. The van der Waals surface area contributed by atoms with Crippen LogP contribution in [0.1, 0.15) is 66.2 Å². The van der Waals surface area contributed by atoms with Crippen molar-refractivity contribution in [1.29, 1.82) is 0 Å². The number of nitrogens with zero attached hydrogens (tertiary/aromatic N) is 2. The summed E-state index contributed by atoms with van der Waals surface area (Å²) in [6.45, 7) is 8.85. The first kappa shape index (κ1) is 17.7. The fourth-order valence-corrected chi connectivity index (χ4v) is 3.29. The van der Waals surface area contributed by atoms with E-state index in [9.17, 15) is 0 Å². The van der Waals surface area contributed by atoms with Gasteiger partial charge in [-0.3, -0.25) is 0 Å². The third kappa shape index (κ3) is 3.91. The van der Waals surface area contributed by atoms with Gasteiger partial charge in [-0.15, -0.1) is 0 Å². The minimum atomic E-state index is -0.425. The van der Waals surface area contributed by atoms with Crippen molar-refractivity contribution >= 4 is 12.6 Å². The van der Waals surface area contributed by atoms with E-state index in [4.69, 9.17) is 14.0 Å². The Morgan fingerprint density at radius 3 is 2.21 bits per heavy atom. The molecule has 1 aromatic rings. The van der Waals surface area contributed by atoms with Crippen LogP contribution in [-0.4, -0.2) is 34.9 Å². The molecule has 0 unspecified atom stereocenters. The van der Waals surface area contributed by atoms with Gasteiger partial charge in [-0.2, -0.15) is 0 Å². The van der Waals surface area contributed by atoms with Crippen LogP contribution in [0.15, 0.2) is 12.4 Å². The summed E-state index contributed by atoms with van der Waals surface area (Å²) < 4.78 is 17.7. The van der Waals surface area contributed by atoms with Crippen molar-refractivity contribution in [2.75, 3.05) is 6.61 Å². The van der Waals surface area contributed by atoms with Crippen LogP contribution in [0, 0.1) is 5.92 Å². The Balaban J connectivity index is 1.50. The summed E-state index contributed by atoms with van der Waals surface area (Å²) in [5, 5.41) is 0. The molecule has 1 aliphatic heterocycles. The van der Waals surface area contributed by atoms with Crippen molar-refractivity contribution in [2.24, 2.45) is 5.92 Å². The largest absolute Gasteiger partial charge is 0.498 e. The molecule has 1 saturated heterocycles. The Bertz CT molecular complexity index is 526. The van der Waals surface area contributed by atoms with E-state index in [0.717, 1.165) is 17.8 Å². The fraction of sp³-hybridized carbons (Fsp3) is 0.778. The van der Waals surface area contributed by atoms with Crippen molar-refractivity contribution in [3.8, 4) is 6.01 Å². The molecule has 5 nitrogen and oxygen atoms in total. The van der Waals surface area contributed by atoms with E-state index in [1.807, 2.05) is 27.7 Å². The standard InChI is InChI=1S/C18H29BN2O3/c1-17(2)18(3,4)24-19(23-17)15-12-20-16(21-13-15)22-11-10-14-8-6-5-7-9-14/h12-14H,5-11H2,1-4H3. The zero-order valence-electron chi connectivity index (χ0n) is 15.4. The number of aromatic nitrogens is 2. The smallest absolute Gasteiger partial charge is 0.463 e. The van der Waals surface area contributed by atoms with Crippen LogP contribution in [-0.2, 0) is 9.31 Å². The summed E-state index contributed by atoms with van der Waals surface area (Å²) in [4.78, 5) is 8.62. The second-order valence-electron chi connectivity index (χ2n) is 8.03. The van der Waals surface area contributed by atoms with Gasteiger partial charge in [0.25, 0.3) is 0 Å². The number of rotatable bonds is 5. The first-order chi connectivity index (χ1) is 11.4. The summed E-state index contributed by atoms with van der Waals surface area (Å²) in [5.41, 5.74) is 0.118. The molecule has 6 heteroatoms. The summed E-state index contributed by atoms with van der Waals surface area (Å²) in [5.74, 6) is 0.808. The summed E-state index contributed by atoms with van der Waals surface area (Å²) in [6.07, 6.45) is 11.4. The molecule has 0 N–H and O–H groups in total. The summed E-state index contributed by atoms with van der Waals surface area (Å²) >= 11 is 0. The van der Waals surface area contributed by atoms with Gasteiger partial charge in [0, 0.05) is 17.9 Å². The molecule has 3 rings (SSSR count). The van der Waals surface area contributed by atoms with E-state index in [-0.39, 0.29) is 11.2 Å². The summed E-state index contributed by atoms with van der Waals surface area (Å²) in [6, 6.07) is 0.436. The fourth-order valence-electron chi connectivity index (χ4n) is 3.29. The van der Waals surface area contributed by atoms with Crippen LogP contribution in [0.4, 0.5) is 0 Å². The van der Waals surface area contributed by atoms with E-state index in [0.29, 0.717) is 12.6 Å². The Kier molecular flexibility index (Phi) is 5.16. The van der Waals surface area contributed by atoms with Gasteiger partial charge in [-0.25, -0.2) is 9.97 Å². The Labute approximate surface area is 145 Å². The van der Waals surface area contributed by atoms with E-state index >= 15 is 0 Å². The Morgan fingerprint density at radius 1 is 1.04 bits per heavy atom. The molecule has 132 valence electrons. The first-order valence-corrected chi connectivity index (χ1v) is 9.18. The predicted molar refractivity (Wildman–Crippen MR) is 94.4 cm³/mol. The third-order valence-electron chi connectivity index (χ3n) is 5.66. The molecule has 1 saturated carbocycles. The highest BCUT2D eigenvalue weighted by atomic mass is 16.7. The average Bonchev–Trinajstić information content (AvgIpc) is 2.77. The SMILES string of the molecule is CC1(C)OB(c2cnc(OCCC3CCCCC3)nc2)OC1(C)C. The number of hydrogen-bond donors (Lipinski definition) is 0. The molecule has 24 heavy (non-hydrogen) atoms. The molecule has 0 radical (unpaired) electrons. The van der Waals surface area contributed by atoms with Crippen LogP contribution in [0.5, 0.6) is 6.01 Å². The van der Waals surface area contributed by atoms with Crippen LogP contribution >= 0.6 is 0 Å². The lowest BCUT2D eigenvalue weighted by Gasteiger charge is -2.32. The molecule has 1 aromatic heterocycles. The van der Waals surface area contributed by atoms with E-state index < -0.39 is 7.12 Å². The molecule has 0 amide bonds. The van der Waals surface area contributed by atoms with Crippen molar-refractivity contribution in [3.63, 3.8) is 0 Å². The minimum absolute atomic E-state index is 0.354. The second-order valence-corrected chi connectivity index (χ2v) is 8.03. The maximum Gasteiger partial charge on any atom is 0.498 e. The minimum Gasteiger partial charge on any atom is -0.463 e. The van der Waals surface area contributed by atoms with E-state index in [1.165, 1.54) is 32.1 Å². The van der Waals surface area contributed by atoms with Gasteiger partial charge in [-0.05, 0) is 40.0 Å².